The Morgan fingerprint density at radius 3 is 2.93 bits per heavy atom. The first kappa shape index (κ1) is 11.7. The topological polar surface area (TPSA) is 29.0 Å². The van der Waals surface area contributed by atoms with E-state index < -0.39 is 5.82 Å². The average Bonchev–Trinajstić information content (AvgIpc) is 2.10. The van der Waals surface area contributed by atoms with Crippen LogP contribution < -0.4 is 0 Å². The van der Waals surface area contributed by atoms with Gasteiger partial charge in [0, 0.05) is 12.3 Å². The van der Waals surface area contributed by atoms with Gasteiger partial charge in [-0.1, -0.05) is 0 Å². The van der Waals surface area contributed by atoms with Crippen LogP contribution in [0.1, 0.15) is 0 Å². The predicted octanol–water partition coefficient (Wildman–Crippen LogP) is 1.92. The van der Waals surface area contributed by atoms with Gasteiger partial charge in [0.2, 0.25) is 5.28 Å². The van der Waals surface area contributed by atoms with E-state index >= 15 is 0 Å². The highest BCUT2D eigenvalue weighted by Crippen LogP contribution is 2.19. The quantitative estimate of drug-likeness (QED) is 0.453. The fourth-order valence-electron chi connectivity index (χ4n) is 0.757. The molecular weight excluding hydrogens is 225 g/mol. The molecule has 0 radical (unpaired) electrons. The van der Waals surface area contributed by atoms with E-state index in [-0.39, 0.29) is 5.28 Å². The molecule has 0 unspecified atom stereocenters. The maximum atomic E-state index is 13.1. The molecule has 0 aliphatic heterocycles. The number of halogens is 2. The first-order chi connectivity index (χ1) is 6.59. The fourth-order valence-corrected chi connectivity index (χ4v) is 1.93. The normalized spacial score (nSPS) is 10.9. The Bertz CT molecular complexity index is 309. The number of hydrogen-bond donors (Lipinski definition) is 0. The second-order valence-corrected chi connectivity index (χ2v) is 4.37. The molecule has 0 aliphatic rings. The van der Waals surface area contributed by atoms with Crippen LogP contribution in [-0.2, 0) is 0 Å². The van der Waals surface area contributed by atoms with Gasteiger partial charge in [-0.05, 0) is 25.7 Å². The molecule has 0 fully saturated rings. The van der Waals surface area contributed by atoms with Crippen molar-refractivity contribution in [2.45, 2.75) is 5.03 Å². The number of rotatable bonds is 4. The van der Waals surface area contributed by atoms with E-state index in [4.69, 9.17) is 11.6 Å². The molecule has 1 aromatic heterocycles. The van der Waals surface area contributed by atoms with E-state index in [1.807, 2.05) is 19.0 Å². The number of aromatic nitrogens is 2. The molecule has 0 amide bonds. The summed E-state index contributed by atoms with van der Waals surface area (Å²) in [6.07, 6.45) is 1.09. The summed E-state index contributed by atoms with van der Waals surface area (Å²) in [5.74, 6) is 0.357. The Balaban J connectivity index is 2.53. The van der Waals surface area contributed by atoms with Crippen LogP contribution in [0.25, 0.3) is 0 Å². The molecule has 0 spiro atoms. The van der Waals surface area contributed by atoms with Crippen molar-refractivity contribution in [3.05, 3.63) is 17.3 Å². The predicted molar refractivity (Wildman–Crippen MR) is 56.3 cm³/mol. The largest absolute Gasteiger partial charge is 0.309 e. The summed E-state index contributed by atoms with van der Waals surface area (Å²) in [6, 6.07) is 0. The van der Waals surface area contributed by atoms with E-state index in [0.717, 1.165) is 18.5 Å². The Hall–Kier alpha value is -0.390. The van der Waals surface area contributed by atoms with Crippen LogP contribution in [0.3, 0.4) is 0 Å². The molecule has 0 atom stereocenters. The lowest BCUT2D eigenvalue weighted by Crippen LogP contribution is -2.14. The van der Waals surface area contributed by atoms with E-state index in [1.165, 1.54) is 11.8 Å². The van der Waals surface area contributed by atoms with Crippen molar-refractivity contribution in [2.24, 2.45) is 0 Å². The van der Waals surface area contributed by atoms with Crippen LogP contribution in [0.15, 0.2) is 11.2 Å². The summed E-state index contributed by atoms with van der Waals surface area (Å²) < 4.78 is 13.1. The van der Waals surface area contributed by atoms with Crippen molar-refractivity contribution >= 4 is 23.4 Å². The second kappa shape index (κ2) is 5.48. The molecule has 1 aromatic rings. The third-order valence-corrected chi connectivity index (χ3v) is 2.59. The number of thioether (sulfide) groups is 1. The first-order valence-electron chi connectivity index (χ1n) is 4.05. The highest BCUT2D eigenvalue weighted by Gasteiger charge is 2.06. The van der Waals surface area contributed by atoms with Crippen molar-refractivity contribution in [2.75, 3.05) is 26.4 Å². The molecule has 78 valence electrons. The van der Waals surface area contributed by atoms with Crippen LogP contribution >= 0.6 is 23.4 Å². The standard InChI is InChI=1S/C8H11ClFN3S/c1-13(2)3-4-14-7-6(10)5-11-8(9)12-7/h5H,3-4H2,1-2H3. The van der Waals surface area contributed by atoms with Gasteiger partial charge in [-0.15, -0.1) is 11.8 Å². The van der Waals surface area contributed by atoms with Crippen LogP contribution in [0.2, 0.25) is 5.28 Å². The van der Waals surface area contributed by atoms with Gasteiger partial charge in [-0.3, -0.25) is 0 Å². The second-order valence-electron chi connectivity index (χ2n) is 2.94. The summed E-state index contributed by atoms with van der Waals surface area (Å²) in [4.78, 5) is 9.35. The van der Waals surface area contributed by atoms with Crippen LogP contribution in [0.5, 0.6) is 0 Å². The van der Waals surface area contributed by atoms with Gasteiger partial charge in [-0.2, -0.15) is 0 Å². The van der Waals surface area contributed by atoms with Gasteiger partial charge in [0.15, 0.2) is 5.82 Å². The molecule has 3 nitrogen and oxygen atoms in total. The lowest BCUT2D eigenvalue weighted by Gasteiger charge is -2.08. The highest BCUT2D eigenvalue weighted by atomic mass is 35.5. The maximum absolute atomic E-state index is 13.1. The van der Waals surface area contributed by atoms with Crippen LogP contribution in [-0.4, -0.2) is 41.3 Å². The Kier molecular flexibility index (Phi) is 4.57. The number of nitrogens with zero attached hydrogens (tertiary/aromatic N) is 3. The lowest BCUT2D eigenvalue weighted by atomic mass is 10.6. The minimum atomic E-state index is -0.418. The maximum Gasteiger partial charge on any atom is 0.223 e. The molecule has 0 aromatic carbocycles. The zero-order chi connectivity index (χ0) is 10.6. The van der Waals surface area contributed by atoms with Gasteiger partial charge in [0.1, 0.15) is 5.03 Å². The zero-order valence-corrected chi connectivity index (χ0v) is 9.57. The third-order valence-electron chi connectivity index (χ3n) is 1.46. The van der Waals surface area contributed by atoms with E-state index in [9.17, 15) is 4.39 Å². The summed E-state index contributed by atoms with van der Waals surface area (Å²) >= 11 is 6.88. The molecule has 0 saturated carbocycles. The average molecular weight is 236 g/mol. The molecule has 0 saturated heterocycles. The monoisotopic (exact) mass is 235 g/mol. The molecule has 14 heavy (non-hydrogen) atoms. The van der Waals surface area contributed by atoms with Crippen LogP contribution in [0.4, 0.5) is 4.39 Å². The Morgan fingerprint density at radius 2 is 2.29 bits per heavy atom. The van der Waals surface area contributed by atoms with Crippen molar-refractivity contribution in [1.29, 1.82) is 0 Å². The molecule has 0 aliphatic carbocycles. The zero-order valence-electron chi connectivity index (χ0n) is 8.00. The molecule has 1 heterocycles. The minimum Gasteiger partial charge on any atom is -0.309 e. The van der Waals surface area contributed by atoms with Crippen molar-refractivity contribution in [3.63, 3.8) is 0 Å². The van der Waals surface area contributed by atoms with Crippen LogP contribution in [0, 0.1) is 5.82 Å². The van der Waals surface area contributed by atoms with Gasteiger partial charge in [-0.25, -0.2) is 14.4 Å². The Labute approximate surface area is 91.7 Å². The SMILES string of the molecule is CN(C)CCSc1nc(Cl)ncc1F. The molecular formula is C8H11ClFN3S. The summed E-state index contributed by atoms with van der Waals surface area (Å²) in [6.45, 7) is 0.867. The van der Waals surface area contributed by atoms with Gasteiger partial charge in [0.05, 0.1) is 6.20 Å². The van der Waals surface area contributed by atoms with Crippen molar-refractivity contribution in [1.82, 2.24) is 14.9 Å². The Morgan fingerprint density at radius 1 is 1.57 bits per heavy atom. The summed E-state index contributed by atoms with van der Waals surface area (Å²) in [5.41, 5.74) is 0. The third kappa shape index (κ3) is 3.77. The van der Waals surface area contributed by atoms with Gasteiger partial charge >= 0.3 is 0 Å². The minimum absolute atomic E-state index is 0.0822. The van der Waals surface area contributed by atoms with E-state index in [0.29, 0.717) is 5.03 Å². The van der Waals surface area contributed by atoms with E-state index in [1.54, 1.807) is 0 Å². The van der Waals surface area contributed by atoms with E-state index in [2.05, 4.69) is 9.97 Å². The smallest absolute Gasteiger partial charge is 0.223 e. The molecule has 0 N–H and O–H groups in total. The molecule has 1 rings (SSSR count). The first-order valence-corrected chi connectivity index (χ1v) is 5.41. The summed E-state index contributed by atoms with van der Waals surface area (Å²) in [7, 11) is 3.92. The van der Waals surface area contributed by atoms with Gasteiger partial charge < -0.3 is 4.90 Å². The summed E-state index contributed by atoms with van der Waals surface area (Å²) in [5, 5.41) is 0.394. The molecule has 0 bridgehead atoms. The van der Waals surface area contributed by atoms with Crippen molar-refractivity contribution < 1.29 is 4.39 Å². The van der Waals surface area contributed by atoms with Crippen molar-refractivity contribution in [3.8, 4) is 0 Å². The lowest BCUT2D eigenvalue weighted by molar-refractivity contribution is 0.437. The molecule has 6 heteroatoms. The van der Waals surface area contributed by atoms with Gasteiger partial charge in [0.25, 0.3) is 0 Å². The highest BCUT2D eigenvalue weighted by molar-refractivity contribution is 7.99. The fraction of sp³-hybridized carbons (Fsp3) is 0.500. The number of hydrogen-bond acceptors (Lipinski definition) is 4.